The Balaban J connectivity index is 1.91. The Morgan fingerprint density at radius 3 is 2.49 bits per heavy atom. The second kappa shape index (κ2) is 10.4. The van der Waals surface area contributed by atoms with E-state index in [0.717, 1.165) is 15.3 Å². The van der Waals surface area contributed by atoms with Crippen LogP contribution in [0, 0.1) is 0 Å². The summed E-state index contributed by atoms with van der Waals surface area (Å²) in [6.45, 7) is 0. The molecule has 2 aromatic heterocycles. The lowest BCUT2D eigenvalue weighted by molar-refractivity contribution is -0.118. The number of nitrogens with zero attached hydrogens (tertiary/aromatic N) is 4. The van der Waals surface area contributed by atoms with Gasteiger partial charge in [0, 0.05) is 36.9 Å². The molecule has 0 aliphatic heterocycles. The molecule has 184 valence electrons. The molecule has 2 amide bonds. The molecule has 0 fully saturated rings. The van der Waals surface area contributed by atoms with E-state index < -0.39 is 45.9 Å². The number of para-hydroxylation sites is 1. The smallest absolute Gasteiger partial charge is 0.337 e. The number of carbonyl (C=O) groups is 3. The van der Waals surface area contributed by atoms with Gasteiger partial charge in [0.05, 0.1) is 17.4 Å². The number of carboxylic acids is 1. The maximum absolute atomic E-state index is 12.9. The van der Waals surface area contributed by atoms with Crippen LogP contribution in [0.1, 0.15) is 27.3 Å². The van der Waals surface area contributed by atoms with E-state index in [2.05, 4.69) is 20.6 Å². The third kappa shape index (κ3) is 5.48. The number of hydrogen-bond donors (Lipinski definition) is 3. The highest BCUT2D eigenvalue weighted by molar-refractivity contribution is 7.84. The summed E-state index contributed by atoms with van der Waals surface area (Å²) in [4.78, 5) is 69.8. The molecule has 0 aliphatic rings. The van der Waals surface area contributed by atoms with Crippen LogP contribution in [0.2, 0.25) is 0 Å². The van der Waals surface area contributed by atoms with E-state index in [1.807, 2.05) is 0 Å². The van der Waals surface area contributed by atoms with Gasteiger partial charge in [-0.1, -0.05) is 12.1 Å². The average Bonchev–Trinajstić information content (AvgIpc) is 2.83. The summed E-state index contributed by atoms with van der Waals surface area (Å²) in [7, 11) is 1.38. The highest BCUT2D eigenvalue weighted by Crippen LogP contribution is 2.16. The molecule has 0 saturated carbocycles. The fraction of sp³-hybridized carbons (Fsp3) is 0.286. The lowest BCUT2D eigenvalue weighted by Crippen LogP contribution is -2.45. The first-order valence-corrected chi connectivity index (χ1v) is 11.9. The number of benzene rings is 1. The Morgan fingerprint density at radius 2 is 1.83 bits per heavy atom. The minimum absolute atomic E-state index is 0.0180. The number of rotatable bonds is 8. The largest absolute Gasteiger partial charge is 0.478 e. The lowest BCUT2D eigenvalue weighted by Gasteiger charge is -2.18. The summed E-state index contributed by atoms with van der Waals surface area (Å²) in [6.07, 6.45) is 2.47. The van der Waals surface area contributed by atoms with Crippen molar-refractivity contribution in [3.8, 4) is 0 Å². The van der Waals surface area contributed by atoms with Crippen molar-refractivity contribution in [3.05, 3.63) is 62.6 Å². The lowest BCUT2D eigenvalue weighted by atomic mass is 10.1. The molecule has 0 aliphatic carbocycles. The van der Waals surface area contributed by atoms with Gasteiger partial charge in [0.1, 0.15) is 11.7 Å². The fourth-order valence-corrected chi connectivity index (χ4v) is 3.79. The Kier molecular flexibility index (Phi) is 7.54. The minimum Gasteiger partial charge on any atom is -0.478 e. The van der Waals surface area contributed by atoms with E-state index in [-0.39, 0.29) is 40.3 Å². The Morgan fingerprint density at radius 1 is 1.14 bits per heavy atom. The van der Waals surface area contributed by atoms with E-state index in [9.17, 15) is 33.3 Å². The monoisotopic (exact) mass is 502 g/mol. The summed E-state index contributed by atoms with van der Waals surface area (Å²) in [5, 5.41) is 14.3. The SMILES string of the molecule is Cn1c(=O)c2nc(C(=O)N[C@@H](CCS(C)=O)C(=O)Nc3ccccc3C(=O)O)cnc2n(C)c1=O. The van der Waals surface area contributed by atoms with Crippen molar-refractivity contribution >= 4 is 45.4 Å². The van der Waals surface area contributed by atoms with Crippen LogP contribution in [-0.2, 0) is 29.7 Å². The van der Waals surface area contributed by atoms with Crippen LogP contribution in [0.5, 0.6) is 0 Å². The number of aromatic nitrogens is 4. The standard InChI is InChI=1S/C21H22N6O7S/c1-26-16-15(19(30)27(2)21(26)33)23-14(10-22-16)18(29)25-13(8-9-35(3)34)17(28)24-12-7-5-4-6-11(12)20(31)32/h4-7,10,13H,8-9H2,1-3H3,(H,24,28)(H,25,29)(H,31,32)/t13-,35?/m0/s1. The number of hydrogen-bond acceptors (Lipinski definition) is 8. The molecular weight excluding hydrogens is 480 g/mol. The van der Waals surface area contributed by atoms with Crippen LogP contribution in [-0.4, -0.2) is 64.3 Å². The minimum atomic E-state index is -1.28. The zero-order valence-electron chi connectivity index (χ0n) is 19.0. The Hall–Kier alpha value is -4.20. The first-order valence-electron chi connectivity index (χ1n) is 10.2. The summed E-state index contributed by atoms with van der Waals surface area (Å²) in [6, 6.07) is 4.54. The highest BCUT2D eigenvalue weighted by atomic mass is 32.2. The van der Waals surface area contributed by atoms with Crippen molar-refractivity contribution in [2.75, 3.05) is 17.3 Å². The molecule has 0 saturated heterocycles. The number of fused-ring (bicyclic) bond motifs is 1. The van der Waals surface area contributed by atoms with Crippen LogP contribution in [0.15, 0.2) is 40.1 Å². The normalized spacial score (nSPS) is 12.7. The molecule has 1 unspecified atom stereocenters. The average molecular weight is 503 g/mol. The van der Waals surface area contributed by atoms with Gasteiger partial charge in [0.2, 0.25) is 5.91 Å². The number of anilines is 1. The van der Waals surface area contributed by atoms with E-state index in [0.29, 0.717) is 0 Å². The topological polar surface area (TPSA) is 182 Å². The van der Waals surface area contributed by atoms with Crippen LogP contribution in [0.4, 0.5) is 5.69 Å². The molecule has 0 radical (unpaired) electrons. The zero-order valence-corrected chi connectivity index (χ0v) is 19.8. The molecule has 2 atom stereocenters. The predicted molar refractivity (Wildman–Crippen MR) is 127 cm³/mol. The first kappa shape index (κ1) is 25.4. The number of carboxylic acid groups (broad SMARTS) is 1. The first-order chi connectivity index (χ1) is 16.5. The van der Waals surface area contributed by atoms with E-state index in [1.54, 1.807) is 0 Å². The molecule has 13 nitrogen and oxygen atoms in total. The van der Waals surface area contributed by atoms with Crippen molar-refractivity contribution in [1.82, 2.24) is 24.4 Å². The third-order valence-electron chi connectivity index (χ3n) is 5.12. The summed E-state index contributed by atoms with van der Waals surface area (Å²) in [5.74, 6) is -2.75. The van der Waals surface area contributed by atoms with Gasteiger partial charge in [0.15, 0.2) is 11.2 Å². The van der Waals surface area contributed by atoms with Crippen molar-refractivity contribution in [1.29, 1.82) is 0 Å². The van der Waals surface area contributed by atoms with Gasteiger partial charge in [-0.25, -0.2) is 19.6 Å². The van der Waals surface area contributed by atoms with Crippen molar-refractivity contribution in [3.63, 3.8) is 0 Å². The quantitative estimate of drug-likeness (QED) is 0.356. The number of aromatic carboxylic acids is 1. The molecule has 3 aromatic rings. The molecule has 1 aromatic carbocycles. The molecule has 0 spiro atoms. The fourth-order valence-electron chi connectivity index (χ4n) is 3.23. The number of carbonyl (C=O) groups excluding carboxylic acids is 2. The van der Waals surface area contributed by atoms with Gasteiger partial charge < -0.3 is 15.7 Å². The van der Waals surface area contributed by atoms with Gasteiger partial charge in [-0.2, -0.15) is 0 Å². The van der Waals surface area contributed by atoms with E-state index in [4.69, 9.17) is 0 Å². The van der Waals surface area contributed by atoms with E-state index >= 15 is 0 Å². The number of aryl methyl sites for hydroxylation is 1. The summed E-state index contributed by atoms with van der Waals surface area (Å²) in [5.41, 5.74) is -1.99. The molecule has 35 heavy (non-hydrogen) atoms. The molecule has 0 bridgehead atoms. The molecule has 2 heterocycles. The van der Waals surface area contributed by atoms with Gasteiger partial charge in [-0.15, -0.1) is 0 Å². The van der Waals surface area contributed by atoms with Gasteiger partial charge in [0.25, 0.3) is 11.5 Å². The van der Waals surface area contributed by atoms with Crippen LogP contribution in [0.3, 0.4) is 0 Å². The third-order valence-corrected chi connectivity index (χ3v) is 5.93. The number of nitrogens with one attached hydrogen (secondary N) is 2. The van der Waals surface area contributed by atoms with Crippen molar-refractivity contribution < 1.29 is 23.7 Å². The number of amides is 2. The molecular formula is C21H22N6O7S. The second-order valence-electron chi connectivity index (χ2n) is 7.57. The molecule has 3 rings (SSSR count). The van der Waals surface area contributed by atoms with Crippen LogP contribution in [0.25, 0.3) is 11.2 Å². The molecule has 3 N–H and O–H groups in total. The van der Waals surface area contributed by atoms with E-state index in [1.165, 1.54) is 44.6 Å². The summed E-state index contributed by atoms with van der Waals surface area (Å²) < 4.78 is 13.5. The maximum Gasteiger partial charge on any atom is 0.337 e. The summed E-state index contributed by atoms with van der Waals surface area (Å²) >= 11 is 0. The zero-order chi connectivity index (χ0) is 25.9. The highest BCUT2D eigenvalue weighted by Gasteiger charge is 2.25. The maximum atomic E-state index is 12.9. The van der Waals surface area contributed by atoms with Crippen LogP contribution >= 0.6 is 0 Å². The molecule has 14 heteroatoms. The van der Waals surface area contributed by atoms with Crippen LogP contribution < -0.4 is 21.9 Å². The second-order valence-corrected chi connectivity index (χ2v) is 9.12. The van der Waals surface area contributed by atoms with Crippen molar-refractivity contribution in [2.45, 2.75) is 12.5 Å². The van der Waals surface area contributed by atoms with Gasteiger partial charge in [-0.3, -0.25) is 27.7 Å². The van der Waals surface area contributed by atoms with Gasteiger partial charge >= 0.3 is 11.7 Å². The predicted octanol–water partition coefficient (Wildman–Crippen LogP) is -0.769. The van der Waals surface area contributed by atoms with Gasteiger partial charge in [-0.05, 0) is 18.6 Å². The Labute approximate surface area is 200 Å². The van der Waals surface area contributed by atoms with Crippen molar-refractivity contribution in [2.24, 2.45) is 14.1 Å². The Bertz CT molecular complexity index is 1480.